The Morgan fingerprint density at radius 3 is 2.48 bits per heavy atom. The molecule has 0 bridgehead atoms. The number of hydrogen-bond acceptors (Lipinski definition) is 4. The van der Waals surface area contributed by atoms with Crippen LogP contribution in [-0.2, 0) is 15.9 Å². The van der Waals surface area contributed by atoms with Gasteiger partial charge in [-0.15, -0.1) is 0 Å². The lowest BCUT2D eigenvalue weighted by Crippen LogP contribution is -2.43. The molecule has 2 atom stereocenters. The number of hydrogen-bond donors (Lipinski definition) is 1. The number of rotatable bonds is 7. The maximum atomic E-state index is 10.8. The summed E-state index contributed by atoms with van der Waals surface area (Å²) < 4.78 is 10.4. The molecule has 0 radical (unpaired) electrons. The molecule has 0 saturated heterocycles. The predicted octanol–water partition coefficient (Wildman–Crippen LogP) is 2.02. The van der Waals surface area contributed by atoms with Crippen molar-refractivity contribution in [3.8, 4) is 0 Å². The summed E-state index contributed by atoms with van der Waals surface area (Å²) in [6.07, 6.45) is 2.72. The van der Waals surface area contributed by atoms with Gasteiger partial charge in [0, 0.05) is 33.4 Å². The van der Waals surface area contributed by atoms with E-state index in [0.717, 1.165) is 37.9 Å². The Morgan fingerprint density at radius 2 is 1.81 bits per heavy atom. The van der Waals surface area contributed by atoms with Crippen molar-refractivity contribution in [2.75, 3.05) is 40.5 Å². The van der Waals surface area contributed by atoms with Gasteiger partial charge in [-0.2, -0.15) is 0 Å². The number of nitrogens with zero attached hydrogens (tertiary/aromatic N) is 1. The molecule has 1 aliphatic rings. The van der Waals surface area contributed by atoms with Gasteiger partial charge in [-0.3, -0.25) is 4.90 Å². The van der Waals surface area contributed by atoms with Crippen LogP contribution in [0.5, 0.6) is 0 Å². The van der Waals surface area contributed by atoms with Crippen LogP contribution in [0, 0.1) is 0 Å². The summed E-state index contributed by atoms with van der Waals surface area (Å²) in [6, 6.07) is 8.40. The van der Waals surface area contributed by atoms with Gasteiger partial charge in [-0.05, 0) is 30.4 Å². The van der Waals surface area contributed by atoms with Gasteiger partial charge >= 0.3 is 0 Å². The fraction of sp³-hybridized carbons (Fsp3) is 0.647. The van der Waals surface area contributed by atoms with E-state index in [0.29, 0.717) is 13.2 Å². The van der Waals surface area contributed by atoms with Crippen molar-refractivity contribution in [2.24, 2.45) is 0 Å². The van der Waals surface area contributed by atoms with Gasteiger partial charge in [-0.25, -0.2) is 0 Å². The van der Waals surface area contributed by atoms with Crippen LogP contribution in [0.3, 0.4) is 0 Å². The zero-order chi connectivity index (χ0) is 15.1. The topological polar surface area (TPSA) is 41.9 Å². The minimum atomic E-state index is -0.433. The van der Waals surface area contributed by atoms with Gasteiger partial charge in [0.1, 0.15) is 0 Å². The Bertz CT molecular complexity index is 416. The number of fused-ring (bicyclic) bond motifs is 1. The van der Waals surface area contributed by atoms with Crippen molar-refractivity contribution in [1.82, 2.24) is 4.90 Å². The molecular formula is C17H27NO3. The zero-order valence-corrected chi connectivity index (χ0v) is 13.1. The lowest BCUT2D eigenvalue weighted by molar-refractivity contribution is 0.0169. The summed E-state index contributed by atoms with van der Waals surface area (Å²) in [6.45, 7) is 3.00. The van der Waals surface area contributed by atoms with Gasteiger partial charge in [0.2, 0.25) is 0 Å². The Hall–Kier alpha value is -0.940. The molecule has 1 N–H and O–H groups in total. The van der Waals surface area contributed by atoms with Crippen molar-refractivity contribution in [1.29, 1.82) is 0 Å². The third-order valence-electron chi connectivity index (χ3n) is 4.32. The largest absolute Gasteiger partial charge is 0.387 e. The number of aliphatic hydroxyl groups is 1. The van der Waals surface area contributed by atoms with Crippen molar-refractivity contribution in [3.63, 3.8) is 0 Å². The SMILES string of the molecule is COCCN(CCOC)C1CCCc2ccccc2C1O. The first-order valence-corrected chi connectivity index (χ1v) is 7.75. The highest BCUT2D eigenvalue weighted by atomic mass is 16.5. The summed E-state index contributed by atoms with van der Waals surface area (Å²) in [5.41, 5.74) is 2.37. The maximum absolute atomic E-state index is 10.8. The average Bonchev–Trinajstić information content (AvgIpc) is 2.68. The monoisotopic (exact) mass is 293 g/mol. The first-order valence-electron chi connectivity index (χ1n) is 7.75. The van der Waals surface area contributed by atoms with E-state index in [1.807, 2.05) is 6.07 Å². The summed E-state index contributed by atoms with van der Waals surface area (Å²) >= 11 is 0. The Morgan fingerprint density at radius 1 is 1.14 bits per heavy atom. The van der Waals surface area contributed by atoms with Crippen molar-refractivity contribution >= 4 is 0 Å². The lowest BCUT2D eigenvalue weighted by atomic mass is 9.98. The van der Waals surface area contributed by atoms with E-state index in [1.165, 1.54) is 5.56 Å². The van der Waals surface area contributed by atoms with E-state index in [1.54, 1.807) is 14.2 Å². The molecule has 2 rings (SSSR count). The van der Waals surface area contributed by atoms with E-state index in [4.69, 9.17) is 9.47 Å². The van der Waals surface area contributed by atoms with E-state index in [2.05, 4.69) is 23.1 Å². The second kappa shape index (κ2) is 8.49. The minimum absolute atomic E-state index is 0.138. The van der Waals surface area contributed by atoms with E-state index >= 15 is 0 Å². The number of ether oxygens (including phenoxy) is 2. The molecule has 0 aromatic heterocycles. The molecule has 0 saturated carbocycles. The van der Waals surface area contributed by atoms with Crippen LogP contribution in [0.15, 0.2) is 24.3 Å². The Labute approximate surface area is 127 Å². The predicted molar refractivity (Wildman–Crippen MR) is 83.5 cm³/mol. The smallest absolute Gasteiger partial charge is 0.0947 e. The van der Waals surface area contributed by atoms with Crippen LogP contribution in [0.4, 0.5) is 0 Å². The third kappa shape index (κ3) is 4.27. The number of benzene rings is 1. The van der Waals surface area contributed by atoms with Crippen LogP contribution in [0.1, 0.15) is 30.1 Å². The minimum Gasteiger partial charge on any atom is -0.387 e. The summed E-state index contributed by atoms with van der Waals surface area (Å²) in [5, 5.41) is 10.8. The maximum Gasteiger partial charge on any atom is 0.0947 e. The molecule has 4 nitrogen and oxygen atoms in total. The fourth-order valence-electron chi connectivity index (χ4n) is 3.16. The summed E-state index contributed by atoms with van der Waals surface area (Å²) in [5.74, 6) is 0. The first kappa shape index (κ1) is 16.4. The van der Waals surface area contributed by atoms with Crippen LogP contribution >= 0.6 is 0 Å². The van der Waals surface area contributed by atoms with Crippen molar-refractivity contribution in [2.45, 2.75) is 31.4 Å². The van der Waals surface area contributed by atoms with Crippen molar-refractivity contribution < 1.29 is 14.6 Å². The number of methoxy groups -OCH3 is 2. The fourth-order valence-corrected chi connectivity index (χ4v) is 3.16. The highest BCUT2D eigenvalue weighted by Gasteiger charge is 2.30. The quantitative estimate of drug-likeness (QED) is 0.781. The van der Waals surface area contributed by atoms with Crippen LogP contribution in [0.2, 0.25) is 0 Å². The second-order valence-electron chi connectivity index (χ2n) is 5.62. The summed E-state index contributed by atoms with van der Waals surface area (Å²) in [7, 11) is 3.43. The first-order chi connectivity index (χ1) is 10.3. The molecule has 0 fully saturated rings. The highest BCUT2D eigenvalue weighted by molar-refractivity contribution is 5.31. The number of aliphatic hydroxyl groups excluding tert-OH is 1. The number of aryl methyl sites for hydroxylation is 1. The van der Waals surface area contributed by atoms with Crippen LogP contribution in [0.25, 0.3) is 0 Å². The van der Waals surface area contributed by atoms with Crippen LogP contribution < -0.4 is 0 Å². The van der Waals surface area contributed by atoms with E-state index < -0.39 is 6.10 Å². The third-order valence-corrected chi connectivity index (χ3v) is 4.32. The van der Waals surface area contributed by atoms with Gasteiger partial charge in [0.05, 0.1) is 19.3 Å². The van der Waals surface area contributed by atoms with Gasteiger partial charge in [-0.1, -0.05) is 24.3 Å². The molecule has 0 heterocycles. The van der Waals surface area contributed by atoms with Gasteiger partial charge < -0.3 is 14.6 Å². The second-order valence-corrected chi connectivity index (χ2v) is 5.62. The molecule has 21 heavy (non-hydrogen) atoms. The molecule has 1 aromatic rings. The molecular weight excluding hydrogens is 266 g/mol. The molecule has 1 aliphatic carbocycles. The molecule has 118 valence electrons. The lowest BCUT2D eigenvalue weighted by Gasteiger charge is -2.34. The highest BCUT2D eigenvalue weighted by Crippen LogP contribution is 2.31. The molecule has 1 aromatic carbocycles. The van der Waals surface area contributed by atoms with Crippen molar-refractivity contribution in [3.05, 3.63) is 35.4 Å². The summed E-state index contributed by atoms with van der Waals surface area (Å²) in [4.78, 5) is 2.31. The molecule has 4 heteroatoms. The van der Waals surface area contributed by atoms with E-state index in [-0.39, 0.29) is 6.04 Å². The standard InChI is InChI=1S/C17H27NO3/c1-20-12-10-18(11-13-21-2)16-9-5-7-14-6-3-4-8-15(14)17(16)19/h3-4,6,8,16-17,19H,5,7,9-13H2,1-2H3. The van der Waals surface area contributed by atoms with Crippen LogP contribution in [-0.4, -0.2) is 56.6 Å². The zero-order valence-electron chi connectivity index (χ0n) is 13.1. The van der Waals surface area contributed by atoms with Gasteiger partial charge in [0.25, 0.3) is 0 Å². The Kier molecular flexibility index (Phi) is 6.64. The molecule has 0 spiro atoms. The van der Waals surface area contributed by atoms with E-state index in [9.17, 15) is 5.11 Å². The van der Waals surface area contributed by atoms with Gasteiger partial charge in [0.15, 0.2) is 0 Å². The normalized spacial score (nSPS) is 22.1. The molecule has 2 unspecified atom stereocenters. The molecule has 0 amide bonds. The molecule has 0 aliphatic heterocycles. The Balaban J connectivity index is 2.15. The average molecular weight is 293 g/mol.